The van der Waals surface area contributed by atoms with Crippen LogP contribution in [-0.4, -0.2) is 49.1 Å². The molecule has 0 aromatic heterocycles. The highest BCUT2D eigenvalue weighted by atomic mass is 35.5. The van der Waals surface area contributed by atoms with Crippen molar-refractivity contribution in [1.82, 2.24) is 10.2 Å². The molecule has 0 spiro atoms. The molecule has 2 aromatic carbocycles. The van der Waals surface area contributed by atoms with Crippen LogP contribution in [0.3, 0.4) is 0 Å². The molecule has 0 saturated carbocycles. The van der Waals surface area contributed by atoms with Gasteiger partial charge in [-0.2, -0.15) is 0 Å². The number of terminal acetylenes is 1. The SMILES string of the molecule is C#Cc1ccc(NC(=O)C(C(C)CC)N2C(=O)N[C@H](c3ccc(OCCOC)cc3)C2=O)c(Cl)c1. The molecule has 0 radical (unpaired) electrons. The van der Waals surface area contributed by atoms with E-state index in [2.05, 4.69) is 16.6 Å². The number of urea groups is 1. The van der Waals surface area contributed by atoms with Crippen LogP contribution < -0.4 is 15.4 Å². The maximum atomic E-state index is 13.3. The van der Waals surface area contributed by atoms with E-state index in [4.69, 9.17) is 27.5 Å². The van der Waals surface area contributed by atoms with E-state index in [9.17, 15) is 14.4 Å². The number of nitrogens with zero attached hydrogens (tertiary/aromatic N) is 1. The van der Waals surface area contributed by atoms with E-state index in [1.165, 1.54) is 0 Å². The molecule has 2 unspecified atom stereocenters. The second kappa shape index (κ2) is 11.7. The maximum absolute atomic E-state index is 13.3. The van der Waals surface area contributed by atoms with Crippen molar-refractivity contribution in [3.8, 4) is 18.1 Å². The van der Waals surface area contributed by atoms with Gasteiger partial charge >= 0.3 is 6.03 Å². The van der Waals surface area contributed by atoms with E-state index in [0.29, 0.717) is 42.2 Å². The van der Waals surface area contributed by atoms with E-state index in [-0.39, 0.29) is 10.9 Å². The van der Waals surface area contributed by atoms with Crippen LogP contribution in [0.25, 0.3) is 0 Å². The summed E-state index contributed by atoms with van der Waals surface area (Å²) in [5.74, 6) is 1.77. The number of hydrogen-bond donors (Lipinski definition) is 2. The summed E-state index contributed by atoms with van der Waals surface area (Å²) in [6.07, 6.45) is 5.96. The normalized spacial score (nSPS) is 16.9. The molecule has 3 atom stereocenters. The number of amides is 4. The van der Waals surface area contributed by atoms with Gasteiger partial charge in [0.25, 0.3) is 5.91 Å². The van der Waals surface area contributed by atoms with Gasteiger partial charge in [-0.25, -0.2) is 9.69 Å². The first kappa shape index (κ1) is 26.1. The highest BCUT2D eigenvalue weighted by Gasteiger charge is 2.46. The summed E-state index contributed by atoms with van der Waals surface area (Å²) in [5, 5.41) is 5.70. The second-order valence-electron chi connectivity index (χ2n) is 8.16. The fourth-order valence-electron chi connectivity index (χ4n) is 3.75. The molecule has 1 fully saturated rings. The fraction of sp³-hybridized carbons (Fsp3) is 0.346. The molecule has 1 heterocycles. The van der Waals surface area contributed by atoms with Crippen LogP contribution in [0, 0.1) is 18.3 Å². The molecule has 2 aromatic rings. The summed E-state index contributed by atoms with van der Waals surface area (Å²) in [6, 6.07) is 9.07. The standard InChI is InChI=1S/C26H28ClN3O5/c1-5-16(3)23(24(31)28-21-12-7-17(6-2)15-20(21)27)30-25(32)22(29-26(30)33)18-8-10-19(11-9-18)35-14-13-34-4/h2,7-12,15-16,22-23H,5,13-14H2,1,3-4H3,(H,28,31)(H,29,33)/t16?,22-,23?/m1/s1. The Morgan fingerprint density at radius 2 is 1.94 bits per heavy atom. The van der Waals surface area contributed by atoms with Gasteiger partial charge < -0.3 is 20.1 Å². The lowest BCUT2D eigenvalue weighted by molar-refractivity contribution is -0.135. The van der Waals surface area contributed by atoms with Gasteiger partial charge in [0, 0.05) is 12.7 Å². The van der Waals surface area contributed by atoms with Crippen LogP contribution in [0.1, 0.15) is 37.4 Å². The third-order valence-corrected chi connectivity index (χ3v) is 6.18. The second-order valence-corrected chi connectivity index (χ2v) is 8.57. The van der Waals surface area contributed by atoms with Crippen LogP contribution in [0.15, 0.2) is 42.5 Å². The molecular formula is C26H28ClN3O5. The lowest BCUT2D eigenvalue weighted by atomic mass is 9.96. The van der Waals surface area contributed by atoms with Gasteiger partial charge in [-0.1, -0.05) is 49.9 Å². The summed E-state index contributed by atoms with van der Waals surface area (Å²) in [6.45, 7) is 4.54. The molecule has 4 amide bonds. The van der Waals surface area contributed by atoms with Crippen molar-refractivity contribution in [1.29, 1.82) is 0 Å². The third-order valence-electron chi connectivity index (χ3n) is 5.86. The highest BCUT2D eigenvalue weighted by molar-refractivity contribution is 6.34. The minimum absolute atomic E-state index is 0.264. The van der Waals surface area contributed by atoms with Crippen molar-refractivity contribution in [2.45, 2.75) is 32.4 Å². The molecule has 184 valence electrons. The molecule has 8 nitrogen and oxygen atoms in total. The Kier molecular flexibility index (Phi) is 8.74. The number of benzene rings is 2. The Morgan fingerprint density at radius 1 is 1.23 bits per heavy atom. The quantitative estimate of drug-likeness (QED) is 0.294. The summed E-state index contributed by atoms with van der Waals surface area (Å²) in [5.41, 5.74) is 1.50. The zero-order chi connectivity index (χ0) is 25.5. The van der Waals surface area contributed by atoms with Crippen molar-refractivity contribution in [2.75, 3.05) is 25.6 Å². The first-order valence-electron chi connectivity index (χ1n) is 11.2. The van der Waals surface area contributed by atoms with Crippen LogP contribution in [0.2, 0.25) is 5.02 Å². The first-order valence-corrected chi connectivity index (χ1v) is 11.6. The largest absolute Gasteiger partial charge is 0.491 e. The molecular weight excluding hydrogens is 470 g/mol. The molecule has 0 aliphatic carbocycles. The van der Waals surface area contributed by atoms with Crippen molar-refractivity contribution < 1.29 is 23.9 Å². The number of carbonyl (C=O) groups excluding carboxylic acids is 3. The topological polar surface area (TPSA) is 97.0 Å². The van der Waals surface area contributed by atoms with Crippen LogP contribution >= 0.6 is 11.6 Å². The van der Waals surface area contributed by atoms with Crippen LogP contribution in [-0.2, 0) is 14.3 Å². The molecule has 1 aliphatic heterocycles. The minimum Gasteiger partial charge on any atom is -0.491 e. The predicted molar refractivity (Wildman–Crippen MR) is 133 cm³/mol. The Balaban J connectivity index is 1.80. The smallest absolute Gasteiger partial charge is 0.325 e. The molecule has 2 N–H and O–H groups in total. The number of nitrogens with one attached hydrogen (secondary N) is 2. The van der Waals surface area contributed by atoms with E-state index in [1.807, 2.05) is 13.8 Å². The van der Waals surface area contributed by atoms with Crippen molar-refractivity contribution in [2.24, 2.45) is 5.92 Å². The Labute approximate surface area is 209 Å². The average Bonchev–Trinajstić information content (AvgIpc) is 3.14. The number of imide groups is 1. The lowest BCUT2D eigenvalue weighted by Gasteiger charge is -2.29. The zero-order valence-corrected chi connectivity index (χ0v) is 20.6. The average molecular weight is 498 g/mol. The van der Waals surface area contributed by atoms with Gasteiger partial charge in [0.05, 0.1) is 17.3 Å². The molecule has 9 heteroatoms. The van der Waals surface area contributed by atoms with Crippen LogP contribution in [0.5, 0.6) is 5.75 Å². The molecule has 1 saturated heterocycles. The van der Waals surface area contributed by atoms with E-state index >= 15 is 0 Å². The number of carbonyl (C=O) groups is 3. The predicted octanol–water partition coefficient (Wildman–Crippen LogP) is 3.99. The van der Waals surface area contributed by atoms with E-state index in [1.54, 1.807) is 49.6 Å². The van der Waals surface area contributed by atoms with Crippen molar-refractivity contribution in [3.63, 3.8) is 0 Å². The first-order chi connectivity index (χ1) is 16.8. The molecule has 35 heavy (non-hydrogen) atoms. The van der Waals surface area contributed by atoms with Gasteiger partial charge in [0.1, 0.15) is 24.4 Å². The molecule has 1 aliphatic rings. The van der Waals surface area contributed by atoms with Gasteiger partial charge in [0.2, 0.25) is 5.91 Å². The number of halogens is 1. The Bertz CT molecular complexity index is 1130. The minimum atomic E-state index is -1.03. The molecule has 0 bridgehead atoms. The number of ether oxygens (including phenoxy) is 2. The number of hydrogen-bond acceptors (Lipinski definition) is 5. The van der Waals surface area contributed by atoms with Gasteiger partial charge in [-0.05, 0) is 41.8 Å². The van der Waals surface area contributed by atoms with Gasteiger partial charge in [-0.3, -0.25) is 9.59 Å². The van der Waals surface area contributed by atoms with E-state index < -0.39 is 29.9 Å². The maximum Gasteiger partial charge on any atom is 0.325 e. The highest BCUT2D eigenvalue weighted by Crippen LogP contribution is 2.30. The molecule has 3 rings (SSSR count). The Morgan fingerprint density at radius 3 is 2.54 bits per heavy atom. The zero-order valence-electron chi connectivity index (χ0n) is 19.8. The summed E-state index contributed by atoms with van der Waals surface area (Å²) < 4.78 is 10.5. The fourth-order valence-corrected chi connectivity index (χ4v) is 3.98. The monoisotopic (exact) mass is 497 g/mol. The third kappa shape index (κ3) is 5.94. The number of anilines is 1. The van der Waals surface area contributed by atoms with E-state index in [0.717, 1.165) is 4.90 Å². The van der Waals surface area contributed by atoms with Crippen molar-refractivity contribution in [3.05, 3.63) is 58.6 Å². The summed E-state index contributed by atoms with van der Waals surface area (Å²) in [4.78, 5) is 40.6. The Hall–Kier alpha value is -3.54. The number of rotatable bonds is 10. The number of methoxy groups -OCH3 is 1. The lowest BCUT2D eigenvalue weighted by Crippen LogP contribution is -2.51. The van der Waals surface area contributed by atoms with Gasteiger partial charge in [0.15, 0.2) is 0 Å². The van der Waals surface area contributed by atoms with Crippen molar-refractivity contribution >= 4 is 35.1 Å². The summed E-state index contributed by atoms with van der Waals surface area (Å²) >= 11 is 6.26. The summed E-state index contributed by atoms with van der Waals surface area (Å²) in [7, 11) is 1.59. The van der Waals surface area contributed by atoms with Gasteiger partial charge in [-0.15, -0.1) is 6.42 Å². The van der Waals surface area contributed by atoms with Crippen LogP contribution in [0.4, 0.5) is 10.5 Å².